The second-order valence-corrected chi connectivity index (χ2v) is 7.00. The monoisotopic (exact) mass is 289 g/mol. The summed E-state index contributed by atoms with van der Waals surface area (Å²) in [5.41, 5.74) is 7.33. The lowest BCUT2D eigenvalue weighted by Crippen LogP contribution is -2.38. The highest BCUT2D eigenvalue weighted by Crippen LogP contribution is 2.56. The molecule has 0 bridgehead atoms. The molecule has 1 saturated carbocycles. The van der Waals surface area contributed by atoms with Gasteiger partial charge in [0.15, 0.2) is 11.5 Å². The summed E-state index contributed by atoms with van der Waals surface area (Å²) in [4.78, 5) is 12.6. The van der Waals surface area contributed by atoms with Gasteiger partial charge in [0, 0.05) is 13.2 Å². The van der Waals surface area contributed by atoms with Gasteiger partial charge >= 0.3 is 0 Å². The van der Waals surface area contributed by atoms with Gasteiger partial charge in [-0.25, -0.2) is 15.0 Å². The molecule has 2 heterocycles. The van der Waals surface area contributed by atoms with E-state index in [1.54, 1.807) is 6.33 Å². The maximum absolute atomic E-state index is 9.76. The van der Waals surface area contributed by atoms with Crippen molar-refractivity contribution in [3.63, 3.8) is 0 Å². The molecule has 0 unspecified atom stereocenters. The van der Waals surface area contributed by atoms with E-state index in [9.17, 15) is 5.11 Å². The molecule has 0 radical (unpaired) electrons. The van der Waals surface area contributed by atoms with E-state index < -0.39 is 0 Å². The Labute approximate surface area is 124 Å². The summed E-state index contributed by atoms with van der Waals surface area (Å²) in [5, 5.41) is 9.76. The van der Waals surface area contributed by atoms with Gasteiger partial charge in [0.1, 0.15) is 11.8 Å². The van der Waals surface area contributed by atoms with E-state index in [0.717, 1.165) is 25.0 Å². The fourth-order valence-corrected chi connectivity index (χ4v) is 3.54. The second kappa shape index (κ2) is 4.66. The van der Waals surface area contributed by atoms with Crippen LogP contribution in [0.2, 0.25) is 0 Å². The van der Waals surface area contributed by atoms with Crippen molar-refractivity contribution in [2.75, 3.05) is 12.3 Å². The normalized spacial score (nSPS) is 28.3. The molecular formula is C15H23N5O. The molecule has 0 saturated heterocycles. The Morgan fingerprint density at radius 2 is 2.10 bits per heavy atom. The van der Waals surface area contributed by atoms with E-state index in [4.69, 9.17) is 5.73 Å². The Kier molecular flexibility index (Phi) is 3.16. The van der Waals surface area contributed by atoms with Crippen molar-refractivity contribution >= 4 is 17.0 Å². The summed E-state index contributed by atoms with van der Waals surface area (Å²) in [7, 11) is 0. The lowest BCUT2D eigenvalue weighted by molar-refractivity contribution is 0.0218. The van der Waals surface area contributed by atoms with E-state index in [2.05, 4.69) is 40.3 Å². The van der Waals surface area contributed by atoms with Gasteiger partial charge in [-0.3, -0.25) is 0 Å². The molecule has 0 amide bonds. The van der Waals surface area contributed by atoms with E-state index in [1.807, 2.05) is 0 Å². The van der Waals surface area contributed by atoms with Gasteiger partial charge in [-0.2, -0.15) is 0 Å². The zero-order valence-electron chi connectivity index (χ0n) is 12.9. The molecule has 3 rings (SSSR count). The van der Waals surface area contributed by atoms with Gasteiger partial charge in [-0.1, -0.05) is 20.8 Å². The van der Waals surface area contributed by atoms with Crippen LogP contribution in [-0.2, 0) is 6.54 Å². The maximum atomic E-state index is 9.76. The Hall–Kier alpha value is -1.69. The van der Waals surface area contributed by atoms with Gasteiger partial charge in [-0.15, -0.1) is 0 Å². The van der Waals surface area contributed by atoms with Crippen molar-refractivity contribution in [3.8, 4) is 0 Å². The molecule has 21 heavy (non-hydrogen) atoms. The predicted octanol–water partition coefficient (Wildman–Crippen LogP) is 1.84. The molecule has 0 aliphatic heterocycles. The Morgan fingerprint density at radius 3 is 2.76 bits per heavy atom. The summed E-state index contributed by atoms with van der Waals surface area (Å²) in [6.07, 6.45) is 5.42. The van der Waals surface area contributed by atoms with Crippen LogP contribution in [0.1, 0.15) is 33.6 Å². The lowest BCUT2D eigenvalue weighted by atomic mass is 9.66. The fraction of sp³-hybridized carbons (Fsp3) is 0.667. The minimum atomic E-state index is -0.0257. The third kappa shape index (κ3) is 2.00. The summed E-state index contributed by atoms with van der Waals surface area (Å²) in [6, 6.07) is 0. The molecule has 114 valence electrons. The number of aromatic nitrogens is 4. The van der Waals surface area contributed by atoms with E-state index in [-0.39, 0.29) is 17.4 Å². The number of imidazole rings is 1. The van der Waals surface area contributed by atoms with Crippen molar-refractivity contribution in [1.29, 1.82) is 0 Å². The van der Waals surface area contributed by atoms with E-state index in [0.29, 0.717) is 17.3 Å². The highest BCUT2D eigenvalue weighted by atomic mass is 16.3. The van der Waals surface area contributed by atoms with Crippen LogP contribution in [0.25, 0.3) is 11.2 Å². The highest BCUT2D eigenvalue weighted by Gasteiger charge is 2.50. The smallest absolute Gasteiger partial charge is 0.165 e. The first-order chi connectivity index (χ1) is 9.89. The Morgan fingerprint density at radius 1 is 1.33 bits per heavy atom. The number of aliphatic hydroxyl groups excluding tert-OH is 1. The lowest BCUT2D eigenvalue weighted by Gasteiger charge is -2.40. The first-order valence-electron chi connectivity index (χ1n) is 7.41. The SMILES string of the molecule is CC1(C)[C@@H](Cn2cnc3c(N)ncnc32)CC[C@@]1(C)CO. The third-order valence-electron chi connectivity index (χ3n) is 5.82. The van der Waals surface area contributed by atoms with Gasteiger partial charge < -0.3 is 15.4 Å². The number of hydrogen-bond acceptors (Lipinski definition) is 5. The van der Waals surface area contributed by atoms with Gasteiger partial charge in [0.2, 0.25) is 0 Å². The molecule has 1 fully saturated rings. The maximum Gasteiger partial charge on any atom is 0.165 e. The zero-order chi connectivity index (χ0) is 15.3. The molecule has 1 aliphatic rings. The number of nitrogens with two attached hydrogens (primary N) is 1. The van der Waals surface area contributed by atoms with Gasteiger partial charge in [-0.05, 0) is 29.6 Å². The quantitative estimate of drug-likeness (QED) is 0.900. The summed E-state index contributed by atoms with van der Waals surface area (Å²) in [5.74, 6) is 0.896. The van der Waals surface area contributed by atoms with Crippen LogP contribution in [-0.4, -0.2) is 31.2 Å². The minimum absolute atomic E-state index is 0.0257. The number of hydrogen-bond donors (Lipinski definition) is 2. The number of fused-ring (bicyclic) bond motifs is 1. The number of nitrogen functional groups attached to an aromatic ring is 1. The largest absolute Gasteiger partial charge is 0.396 e. The molecule has 0 spiro atoms. The van der Waals surface area contributed by atoms with Crippen molar-refractivity contribution < 1.29 is 5.11 Å². The molecule has 3 N–H and O–H groups in total. The predicted molar refractivity (Wildman–Crippen MR) is 81.4 cm³/mol. The molecule has 2 aromatic heterocycles. The zero-order valence-corrected chi connectivity index (χ0v) is 12.9. The molecule has 0 aromatic carbocycles. The van der Waals surface area contributed by atoms with Crippen LogP contribution in [0.3, 0.4) is 0 Å². The molecule has 1 aliphatic carbocycles. The fourth-order valence-electron chi connectivity index (χ4n) is 3.54. The topological polar surface area (TPSA) is 89.9 Å². The minimum Gasteiger partial charge on any atom is -0.396 e. The van der Waals surface area contributed by atoms with Crippen LogP contribution in [0.15, 0.2) is 12.7 Å². The summed E-state index contributed by atoms with van der Waals surface area (Å²) in [6.45, 7) is 7.76. The van der Waals surface area contributed by atoms with Crippen molar-refractivity contribution in [2.24, 2.45) is 16.7 Å². The Bertz CT molecular complexity index is 665. The van der Waals surface area contributed by atoms with Gasteiger partial charge in [0.25, 0.3) is 0 Å². The Balaban J connectivity index is 1.92. The van der Waals surface area contributed by atoms with Crippen molar-refractivity contribution in [3.05, 3.63) is 12.7 Å². The number of nitrogens with zero attached hydrogens (tertiary/aromatic N) is 4. The summed E-state index contributed by atoms with van der Waals surface area (Å²) < 4.78 is 2.06. The second-order valence-electron chi connectivity index (χ2n) is 7.00. The summed E-state index contributed by atoms with van der Waals surface area (Å²) >= 11 is 0. The average Bonchev–Trinajstić information content (AvgIpc) is 2.95. The number of anilines is 1. The van der Waals surface area contributed by atoms with E-state index in [1.165, 1.54) is 6.33 Å². The van der Waals surface area contributed by atoms with Crippen LogP contribution in [0.5, 0.6) is 0 Å². The van der Waals surface area contributed by atoms with Gasteiger partial charge in [0.05, 0.1) is 6.33 Å². The number of aliphatic hydroxyl groups is 1. The van der Waals surface area contributed by atoms with Crippen LogP contribution in [0.4, 0.5) is 5.82 Å². The molecular weight excluding hydrogens is 266 g/mol. The average molecular weight is 289 g/mol. The third-order valence-corrected chi connectivity index (χ3v) is 5.82. The van der Waals surface area contributed by atoms with E-state index >= 15 is 0 Å². The molecule has 6 heteroatoms. The van der Waals surface area contributed by atoms with Crippen LogP contribution >= 0.6 is 0 Å². The standard InChI is InChI=1S/C15H23N5O/c1-14(2)10(4-5-15(14,3)7-21)6-20-9-19-11-12(16)17-8-18-13(11)20/h8-10,21H,4-7H2,1-3H3,(H2,16,17,18)/t10-,15+/m1/s1. The molecule has 2 aromatic rings. The van der Waals surface area contributed by atoms with Crippen molar-refractivity contribution in [2.45, 2.75) is 40.2 Å². The van der Waals surface area contributed by atoms with Crippen LogP contribution < -0.4 is 5.73 Å². The van der Waals surface area contributed by atoms with Crippen LogP contribution in [0, 0.1) is 16.7 Å². The highest BCUT2D eigenvalue weighted by molar-refractivity contribution is 5.81. The number of rotatable bonds is 3. The molecule has 6 nitrogen and oxygen atoms in total. The first-order valence-corrected chi connectivity index (χ1v) is 7.41. The van der Waals surface area contributed by atoms with Crippen molar-refractivity contribution in [1.82, 2.24) is 19.5 Å². The first kappa shape index (κ1) is 14.3. The molecule has 2 atom stereocenters.